The number of likely N-dealkylation sites (tertiary alicyclic amines) is 1. The molecule has 1 aromatic heterocycles. The van der Waals surface area contributed by atoms with Gasteiger partial charge in [0.05, 0.1) is 5.56 Å². The van der Waals surface area contributed by atoms with Crippen molar-refractivity contribution in [1.29, 1.82) is 5.26 Å². The van der Waals surface area contributed by atoms with Gasteiger partial charge in [0.2, 0.25) is 0 Å². The SMILES string of the molecule is N#Cc1ccn(-c2ccc(Cl)cc2)c1C(=O)NC1CCN(Cc2ccccc2)CC1. The Kier molecular flexibility index (Phi) is 6.18. The molecule has 1 fully saturated rings. The largest absolute Gasteiger partial charge is 0.348 e. The fourth-order valence-corrected chi connectivity index (χ4v) is 4.03. The lowest BCUT2D eigenvalue weighted by molar-refractivity contribution is 0.0902. The number of benzene rings is 2. The van der Waals surface area contributed by atoms with E-state index in [1.807, 2.05) is 18.2 Å². The predicted molar refractivity (Wildman–Crippen MR) is 118 cm³/mol. The van der Waals surface area contributed by atoms with Crippen LogP contribution in [0.5, 0.6) is 0 Å². The summed E-state index contributed by atoms with van der Waals surface area (Å²) in [4.78, 5) is 15.5. The lowest BCUT2D eigenvalue weighted by Crippen LogP contribution is -2.44. The second-order valence-corrected chi connectivity index (χ2v) is 7.98. The number of piperidine rings is 1. The fraction of sp³-hybridized carbons (Fsp3) is 0.250. The van der Waals surface area contributed by atoms with Crippen molar-refractivity contribution >= 4 is 17.5 Å². The molecule has 0 atom stereocenters. The lowest BCUT2D eigenvalue weighted by atomic mass is 10.0. The van der Waals surface area contributed by atoms with Gasteiger partial charge < -0.3 is 9.88 Å². The van der Waals surface area contributed by atoms with E-state index in [1.165, 1.54) is 5.56 Å². The molecule has 1 saturated heterocycles. The highest BCUT2D eigenvalue weighted by Crippen LogP contribution is 2.20. The first kappa shape index (κ1) is 20.2. The number of nitrogens with one attached hydrogen (secondary N) is 1. The molecule has 5 nitrogen and oxygen atoms in total. The van der Waals surface area contributed by atoms with Gasteiger partial charge >= 0.3 is 0 Å². The van der Waals surface area contributed by atoms with Crippen molar-refractivity contribution in [3.05, 3.63) is 88.7 Å². The Morgan fingerprint density at radius 3 is 2.43 bits per heavy atom. The van der Waals surface area contributed by atoms with Crippen molar-refractivity contribution < 1.29 is 4.79 Å². The highest BCUT2D eigenvalue weighted by Gasteiger charge is 2.24. The number of halogens is 1. The Labute approximate surface area is 181 Å². The minimum atomic E-state index is -0.215. The highest BCUT2D eigenvalue weighted by atomic mass is 35.5. The monoisotopic (exact) mass is 418 g/mol. The molecule has 2 aromatic carbocycles. The fourth-order valence-electron chi connectivity index (χ4n) is 3.90. The second-order valence-electron chi connectivity index (χ2n) is 7.55. The third-order valence-electron chi connectivity index (χ3n) is 5.50. The molecule has 0 aliphatic carbocycles. The van der Waals surface area contributed by atoms with E-state index in [1.54, 1.807) is 29.0 Å². The second kappa shape index (κ2) is 9.17. The molecule has 1 aliphatic rings. The molecule has 1 aliphatic heterocycles. The molecule has 0 spiro atoms. The third kappa shape index (κ3) is 4.56. The quantitative estimate of drug-likeness (QED) is 0.668. The Hall–Kier alpha value is -3.07. The maximum atomic E-state index is 13.1. The topological polar surface area (TPSA) is 61.1 Å². The van der Waals surface area contributed by atoms with Crippen LogP contribution in [0, 0.1) is 11.3 Å². The van der Waals surface area contributed by atoms with Gasteiger partial charge in [-0.05, 0) is 48.7 Å². The number of carbonyl (C=O) groups excluding carboxylic acids is 1. The maximum absolute atomic E-state index is 13.1. The third-order valence-corrected chi connectivity index (χ3v) is 5.75. The number of carbonyl (C=O) groups is 1. The van der Waals surface area contributed by atoms with E-state index in [0.29, 0.717) is 16.3 Å². The Morgan fingerprint density at radius 1 is 1.07 bits per heavy atom. The zero-order chi connectivity index (χ0) is 20.9. The molecule has 2 heterocycles. The Balaban J connectivity index is 1.42. The summed E-state index contributed by atoms with van der Waals surface area (Å²) in [5, 5.41) is 13.2. The van der Waals surface area contributed by atoms with Gasteiger partial charge in [-0.15, -0.1) is 0 Å². The zero-order valence-electron chi connectivity index (χ0n) is 16.6. The van der Waals surface area contributed by atoms with Crippen molar-refractivity contribution in [2.24, 2.45) is 0 Å². The summed E-state index contributed by atoms with van der Waals surface area (Å²) in [6.45, 7) is 2.80. The van der Waals surface area contributed by atoms with Crippen LogP contribution in [0.4, 0.5) is 0 Å². The van der Waals surface area contributed by atoms with Crippen LogP contribution in [0.25, 0.3) is 5.69 Å². The minimum absolute atomic E-state index is 0.102. The molecule has 6 heteroatoms. The van der Waals surface area contributed by atoms with E-state index in [0.717, 1.165) is 38.2 Å². The van der Waals surface area contributed by atoms with Crippen LogP contribution in [0.15, 0.2) is 66.9 Å². The molecule has 3 aromatic rings. The summed E-state index contributed by atoms with van der Waals surface area (Å²) in [5.41, 5.74) is 2.83. The number of nitrogens with zero attached hydrogens (tertiary/aromatic N) is 3. The van der Waals surface area contributed by atoms with Crippen molar-refractivity contribution in [3.8, 4) is 11.8 Å². The van der Waals surface area contributed by atoms with E-state index in [9.17, 15) is 10.1 Å². The highest BCUT2D eigenvalue weighted by molar-refractivity contribution is 6.30. The standard InChI is InChI=1S/C24H23ClN4O/c25-20-6-8-22(9-7-20)29-15-10-19(16-26)23(29)24(30)27-21-11-13-28(14-12-21)17-18-4-2-1-3-5-18/h1-10,15,21H,11-14,17H2,(H,27,30). The van der Waals surface area contributed by atoms with Gasteiger partial charge in [0, 0.05) is 42.6 Å². The summed E-state index contributed by atoms with van der Waals surface area (Å²) >= 11 is 5.98. The molecule has 0 radical (unpaired) electrons. The van der Waals surface area contributed by atoms with Gasteiger partial charge in [-0.25, -0.2) is 0 Å². The molecule has 0 unspecified atom stereocenters. The first-order valence-corrected chi connectivity index (χ1v) is 10.5. The molecule has 30 heavy (non-hydrogen) atoms. The minimum Gasteiger partial charge on any atom is -0.348 e. The van der Waals surface area contributed by atoms with E-state index in [2.05, 4.69) is 40.6 Å². The van der Waals surface area contributed by atoms with Crippen LogP contribution in [-0.2, 0) is 6.54 Å². The molecule has 1 N–H and O–H groups in total. The number of hydrogen-bond acceptors (Lipinski definition) is 3. The number of hydrogen-bond donors (Lipinski definition) is 1. The van der Waals surface area contributed by atoms with Crippen LogP contribution >= 0.6 is 11.6 Å². The number of aromatic nitrogens is 1. The van der Waals surface area contributed by atoms with E-state index in [4.69, 9.17) is 11.6 Å². The number of rotatable bonds is 5. The average Bonchev–Trinajstić information content (AvgIpc) is 3.21. The van der Waals surface area contributed by atoms with E-state index in [-0.39, 0.29) is 11.9 Å². The predicted octanol–water partition coefficient (Wildman–Crippen LogP) is 4.40. The van der Waals surface area contributed by atoms with Gasteiger partial charge in [-0.1, -0.05) is 41.9 Å². The zero-order valence-corrected chi connectivity index (χ0v) is 17.3. The molecule has 4 rings (SSSR count). The summed E-state index contributed by atoms with van der Waals surface area (Å²) in [7, 11) is 0. The van der Waals surface area contributed by atoms with E-state index < -0.39 is 0 Å². The first-order chi connectivity index (χ1) is 14.6. The van der Waals surface area contributed by atoms with Crippen LogP contribution in [-0.4, -0.2) is 34.5 Å². The van der Waals surface area contributed by atoms with Gasteiger partial charge in [0.25, 0.3) is 5.91 Å². The summed E-state index contributed by atoms with van der Waals surface area (Å²) < 4.78 is 1.74. The van der Waals surface area contributed by atoms with Crippen LogP contribution < -0.4 is 5.32 Å². The molecule has 0 bridgehead atoms. The van der Waals surface area contributed by atoms with Gasteiger partial charge in [0.1, 0.15) is 11.8 Å². The maximum Gasteiger partial charge on any atom is 0.269 e. The Morgan fingerprint density at radius 2 is 1.77 bits per heavy atom. The first-order valence-electron chi connectivity index (χ1n) is 10.1. The van der Waals surface area contributed by atoms with E-state index >= 15 is 0 Å². The molecule has 0 saturated carbocycles. The van der Waals surface area contributed by atoms with Crippen molar-refractivity contribution in [3.63, 3.8) is 0 Å². The average molecular weight is 419 g/mol. The molecular weight excluding hydrogens is 396 g/mol. The summed E-state index contributed by atoms with van der Waals surface area (Å²) in [5.74, 6) is -0.215. The number of amides is 1. The normalized spacial score (nSPS) is 14.9. The van der Waals surface area contributed by atoms with Crippen molar-refractivity contribution in [2.45, 2.75) is 25.4 Å². The van der Waals surface area contributed by atoms with Crippen molar-refractivity contribution in [1.82, 2.24) is 14.8 Å². The Bertz CT molecular complexity index is 1050. The number of nitriles is 1. The molecule has 152 valence electrons. The summed E-state index contributed by atoms with van der Waals surface area (Å²) in [6, 6.07) is 21.6. The van der Waals surface area contributed by atoms with Crippen LogP contribution in [0.1, 0.15) is 34.5 Å². The summed E-state index contributed by atoms with van der Waals surface area (Å²) in [6.07, 6.45) is 3.53. The van der Waals surface area contributed by atoms with Gasteiger partial charge in [-0.3, -0.25) is 9.69 Å². The van der Waals surface area contributed by atoms with Gasteiger partial charge in [0.15, 0.2) is 0 Å². The lowest BCUT2D eigenvalue weighted by Gasteiger charge is -2.32. The van der Waals surface area contributed by atoms with Crippen molar-refractivity contribution in [2.75, 3.05) is 13.1 Å². The van der Waals surface area contributed by atoms with Gasteiger partial charge in [-0.2, -0.15) is 5.26 Å². The van der Waals surface area contributed by atoms with Crippen LogP contribution in [0.2, 0.25) is 5.02 Å². The smallest absolute Gasteiger partial charge is 0.269 e. The molecular formula is C24H23ClN4O. The van der Waals surface area contributed by atoms with Crippen LogP contribution in [0.3, 0.4) is 0 Å². The molecule has 1 amide bonds.